The topological polar surface area (TPSA) is 36.4 Å². The van der Waals surface area contributed by atoms with Crippen LogP contribution < -0.4 is 4.90 Å². The van der Waals surface area contributed by atoms with Crippen LogP contribution in [0.15, 0.2) is 54.7 Å². The molecular formula is C20H18FN2O. The summed E-state index contributed by atoms with van der Waals surface area (Å²) in [6, 6.07) is 17.6. The second-order valence-electron chi connectivity index (χ2n) is 6.30. The molecule has 2 heterocycles. The fraction of sp³-hybridized carbons (Fsp3) is 0.250. The molecule has 0 amide bonds. The fourth-order valence-electron chi connectivity index (χ4n) is 3.45. The molecule has 0 bridgehead atoms. The monoisotopic (exact) mass is 321 g/mol. The number of hydrogen-bond acceptors (Lipinski definition) is 3. The van der Waals surface area contributed by atoms with E-state index in [4.69, 9.17) is 0 Å². The zero-order valence-electron chi connectivity index (χ0n) is 13.2. The first-order chi connectivity index (χ1) is 11.7. The lowest BCUT2D eigenvalue weighted by Crippen LogP contribution is -2.42. The Morgan fingerprint density at radius 1 is 1.08 bits per heavy atom. The number of hydrogen-bond donors (Lipinski definition) is 1. The predicted molar refractivity (Wildman–Crippen MR) is 92.3 cm³/mol. The summed E-state index contributed by atoms with van der Waals surface area (Å²) >= 11 is 0. The number of halogens is 1. The Bertz CT molecular complexity index is 858. The highest BCUT2D eigenvalue weighted by molar-refractivity contribution is 5.91. The summed E-state index contributed by atoms with van der Waals surface area (Å²) in [5.41, 5.74) is 1.77. The SMILES string of the molecule is OC1(c2ccccc2)CCN(c2[c]cnc3ccc(F)cc23)CC1. The van der Waals surface area contributed by atoms with Gasteiger partial charge in [0.25, 0.3) is 0 Å². The molecule has 1 saturated heterocycles. The Kier molecular flexibility index (Phi) is 3.69. The maximum absolute atomic E-state index is 13.6. The molecule has 1 aromatic heterocycles. The normalized spacial score (nSPS) is 17.2. The van der Waals surface area contributed by atoms with Gasteiger partial charge in [-0.3, -0.25) is 4.98 Å². The number of anilines is 1. The van der Waals surface area contributed by atoms with Gasteiger partial charge >= 0.3 is 0 Å². The van der Waals surface area contributed by atoms with Crippen LogP contribution in [-0.2, 0) is 5.60 Å². The minimum atomic E-state index is -0.800. The molecule has 1 aliphatic heterocycles. The maximum atomic E-state index is 13.6. The minimum Gasteiger partial charge on any atom is -0.385 e. The largest absolute Gasteiger partial charge is 0.385 e. The Morgan fingerprint density at radius 2 is 1.83 bits per heavy atom. The number of nitrogens with zero attached hydrogens (tertiary/aromatic N) is 2. The molecule has 1 fully saturated rings. The van der Waals surface area contributed by atoms with Crippen LogP contribution in [-0.4, -0.2) is 23.2 Å². The lowest BCUT2D eigenvalue weighted by molar-refractivity contribution is 0.0118. The van der Waals surface area contributed by atoms with Gasteiger partial charge < -0.3 is 10.0 Å². The number of rotatable bonds is 2. The molecule has 1 radical (unpaired) electrons. The van der Waals surface area contributed by atoms with E-state index in [-0.39, 0.29) is 5.82 Å². The highest BCUT2D eigenvalue weighted by Crippen LogP contribution is 2.36. The number of pyridine rings is 1. The van der Waals surface area contributed by atoms with Crippen LogP contribution in [0.5, 0.6) is 0 Å². The van der Waals surface area contributed by atoms with E-state index < -0.39 is 5.60 Å². The van der Waals surface area contributed by atoms with Gasteiger partial charge in [-0.05, 0) is 36.6 Å². The first-order valence-electron chi connectivity index (χ1n) is 8.14. The Hall–Kier alpha value is -2.46. The smallest absolute Gasteiger partial charge is 0.124 e. The summed E-state index contributed by atoms with van der Waals surface area (Å²) in [7, 11) is 0. The first-order valence-corrected chi connectivity index (χ1v) is 8.14. The number of benzene rings is 2. The van der Waals surface area contributed by atoms with E-state index in [2.05, 4.69) is 16.0 Å². The number of aromatic nitrogens is 1. The van der Waals surface area contributed by atoms with Crippen molar-refractivity contribution in [3.63, 3.8) is 0 Å². The van der Waals surface area contributed by atoms with Crippen molar-refractivity contribution in [2.45, 2.75) is 18.4 Å². The molecule has 3 nitrogen and oxygen atoms in total. The highest BCUT2D eigenvalue weighted by Gasteiger charge is 2.34. The van der Waals surface area contributed by atoms with Crippen LogP contribution in [0.1, 0.15) is 18.4 Å². The van der Waals surface area contributed by atoms with Crippen molar-refractivity contribution in [1.29, 1.82) is 0 Å². The number of fused-ring (bicyclic) bond motifs is 1. The zero-order chi connectivity index (χ0) is 16.6. The lowest BCUT2D eigenvalue weighted by Gasteiger charge is -2.39. The summed E-state index contributed by atoms with van der Waals surface area (Å²) in [6.45, 7) is 1.38. The fourth-order valence-corrected chi connectivity index (χ4v) is 3.45. The minimum absolute atomic E-state index is 0.275. The van der Waals surface area contributed by atoms with E-state index in [1.165, 1.54) is 12.1 Å². The van der Waals surface area contributed by atoms with E-state index in [0.717, 1.165) is 22.2 Å². The van der Waals surface area contributed by atoms with Crippen molar-refractivity contribution in [3.8, 4) is 0 Å². The van der Waals surface area contributed by atoms with E-state index in [0.29, 0.717) is 25.9 Å². The summed E-state index contributed by atoms with van der Waals surface area (Å²) in [5.74, 6) is -0.275. The van der Waals surface area contributed by atoms with Gasteiger partial charge in [0, 0.05) is 30.7 Å². The van der Waals surface area contributed by atoms with Crippen LogP contribution in [0, 0.1) is 11.9 Å². The summed E-state index contributed by atoms with van der Waals surface area (Å²) in [4.78, 5) is 6.41. The van der Waals surface area contributed by atoms with Gasteiger partial charge in [0.2, 0.25) is 0 Å². The average molecular weight is 321 g/mol. The molecule has 1 N–H and O–H groups in total. The van der Waals surface area contributed by atoms with Crippen molar-refractivity contribution in [2.75, 3.05) is 18.0 Å². The van der Waals surface area contributed by atoms with Gasteiger partial charge in [-0.1, -0.05) is 30.3 Å². The molecule has 24 heavy (non-hydrogen) atoms. The molecule has 3 aromatic rings. The van der Waals surface area contributed by atoms with Crippen molar-refractivity contribution < 1.29 is 9.50 Å². The Balaban J connectivity index is 1.62. The van der Waals surface area contributed by atoms with Gasteiger partial charge in [0.05, 0.1) is 16.8 Å². The van der Waals surface area contributed by atoms with E-state index in [1.807, 2.05) is 30.3 Å². The third-order valence-corrected chi connectivity index (χ3v) is 4.84. The molecular weight excluding hydrogens is 303 g/mol. The lowest BCUT2D eigenvalue weighted by atomic mass is 9.84. The standard InChI is InChI=1S/C20H18FN2O/c21-16-6-7-18-17(14-16)19(8-11-22-18)23-12-9-20(24,10-13-23)15-4-2-1-3-5-15/h1-7,11,14,24H,9-10,12-13H2. The van der Waals surface area contributed by atoms with Crippen molar-refractivity contribution in [2.24, 2.45) is 0 Å². The second kappa shape index (κ2) is 5.87. The van der Waals surface area contributed by atoms with E-state index in [9.17, 15) is 9.50 Å². The molecule has 0 unspecified atom stereocenters. The van der Waals surface area contributed by atoms with Gasteiger partial charge in [-0.25, -0.2) is 4.39 Å². The number of aliphatic hydroxyl groups is 1. The summed E-state index contributed by atoms with van der Waals surface area (Å²) < 4.78 is 13.6. The third-order valence-electron chi connectivity index (χ3n) is 4.84. The molecule has 0 atom stereocenters. The van der Waals surface area contributed by atoms with E-state index in [1.54, 1.807) is 12.3 Å². The Labute approximate surface area is 140 Å². The predicted octanol–water partition coefficient (Wildman–Crippen LogP) is 3.66. The van der Waals surface area contributed by atoms with Crippen molar-refractivity contribution >= 4 is 16.6 Å². The molecule has 2 aromatic carbocycles. The second-order valence-corrected chi connectivity index (χ2v) is 6.30. The van der Waals surface area contributed by atoms with Crippen LogP contribution in [0.3, 0.4) is 0 Å². The molecule has 0 aliphatic carbocycles. The molecule has 4 rings (SSSR count). The quantitative estimate of drug-likeness (QED) is 0.782. The molecule has 1 aliphatic rings. The van der Waals surface area contributed by atoms with Gasteiger partial charge in [-0.2, -0.15) is 0 Å². The van der Waals surface area contributed by atoms with Crippen molar-refractivity contribution in [1.82, 2.24) is 4.98 Å². The van der Waals surface area contributed by atoms with Gasteiger partial charge in [0.15, 0.2) is 0 Å². The van der Waals surface area contributed by atoms with E-state index >= 15 is 0 Å². The Morgan fingerprint density at radius 3 is 2.58 bits per heavy atom. The number of piperidine rings is 1. The van der Waals surface area contributed by atoms with Gasteiger partial charge in [0.1, 0.15) is 5.82 Å². The molecule has 0 saturated carbocycles. The third kappa shape index (κ3) is 2.63. The first kappa shape index (κ1) is 15.1. The van der Waals surface area contributed by atoms with Crippen LogP contribution >= 0.6 is 0 Å². The zero-order valence-corrected chi connectivity index (χ0v) is 13.2. The van der Waals surface area contributed by atoms with Crippen LogP contribution in [0.4, 0.5) is 10.1 Å². The molecule has 121 valence electrons. The van der Waals surface area contributed by atoms with Crippen molar-refractivity contribution in [3.05, 3.63) is 72.2 Å². The summed E-state index contributed by atoms with van der Waals surface area (Å²) in [6.07, 6.45) is 2.89. The average Bonchev–Trinajstić information content (AvgIpc) is 2.63. The molecule has 0 spiro atoms. The highest BCUT2D eigenvalue weighted by atomic mass is 19.1. The summed E-state index contributed by atoms with van der Waals surface area (Å²) in [5, 5.41) is 11.7. The van der Waals surface area contributed by atoms with Crippen LogP contribution in [0.25, 0.3) is 10.9 Å². The van der Waals surface area contributed by atoms with Crippen LogP contribution in [0.2, 0.25) is 0 Å². The van der Waals surface area contributed by atoms with Gasteiger partial charge in [-0.15, -0.1) is 0 Å². The maximum Gasteiger partial charge on any atom is 0.124 e. The molecule has 4 heteroatoms.